The van der Waals surface area contributed by atoms with Crippen molar-refractivity contribution in [3.8, 4) is 45.0 Å². The number of hydrogen-bond donors (Lipinski definition) is 0. The summed E-state index contributed by atoms with van der Waals surface area (Å²) in [6.07, 6.45) is 0. The molecule has 13 aromatic rings. The highest BCUT2D eigenvalue weighted by atomic mass is 15.2. The van der Waals surface area contributed by atoms with Crippen LogP contribution in [0.5, 0.6) is 0 Å². The maximum Gasteiger partial charge on any atom is 0.131 e. The summed E-state index contributed by atoms with van der Waals surface area (Å²) < 4.78 is 9.88. The Bertz CT molecular complexity index is 3610. The zero-order valence-corrected chi connectivity index (χ0v) is 33.7. The van der Waals surface area contributed by atoms with E-state index in [-0.39, 0.29) is 0 Å². The Hall–Kier alpha value is -8.34. The lowest BCUT2D eigenvalue weighted by molar-refractivity contribution is 1.05. The topological polar surface area (TPSA) is 19.7 Å². The van der Waals surface area contributed by atoms with Crippen molar-refractivity contribution in [2.75, 3.05) is 0 Å². The minimum Gasteiger partial charge on any atom is -0.295 e. The molecule has 0 saturated carbocycles. The van der Waals surface area contributed by atoms with Crippen LogP contribution in [0.3, 0.4) is 0 Å². The molecule has 0 bridgehead atoms. The fraction of sp³-hybridized carbons (Fsp3) is 0. The Morgan fingerprint density at radius 2 is 0.484 bits per heavy atom. The van der Waals surface area contributed by atoms with Gasteiger partial charge in [0.2, 0.25) is 0 Å². The van der Waals surface area contributed by atoms with E-state index in [0.717, 1.165) is 34.0 Å². The lowest BCUT2D eigenvalue weighted by Gasteiger charge is -2.17. The van der Waals surface area contributed by atoms with Crippen LogP contribution in [-0.2, 0) is 0 Å². The maximum atomic E-state index is 2.48. The van der Waals surface area contributed by atoms with Crippen molar-refractivity contribution in [3.05, 3.63) is 231 Å². The van der Waals surface area contributed by atoms with Crippen LogP contribution in [0.1, 0.15) is 0 Å². The number of benzene rings is 9. The molecule has 4 heterocycles. The molecule has 9 aromatic carbocycles. The summed E-state index contributed by atoms with van der Waals surface area (Å²) in [6.45, 7) is 0. The lowest BCUT2D eigenvalue weighted by atomic mass is 10.1. The van der Waals surface area contributed by atoms with Gasteiger partial charge >= 0.3 is 0 Å². The minimum atomic E-state index is 1.09. The summed E-state index contributed by atoms with van der Waals surface area (Å²) in [5.41, 5.74) is 16.2. The lowest BCUT2D eigenvalue weighted by Crippen LogP contribution is -2.04. The van der Waals surface area contributed by atoms with Gasteiger partial charge in [0.05, 0.1) is 22.1 Å². The molecular weight excluding hydrogens is 753 g/mol. The second-order valence-electron chi connectivity index (χ2n) is 16.2. The molecule has 0 saturated heterocycles. The van der Waals surface area contributed by atoms with Crippen molar-refractivity contribution < 1.29 is 0 Å². The van der Waals surface area contributed by atoms with Gasteiger partial charge in [-0.05, 0) is 89.0 Å². The Morgan fingerprint density at radius 3 is 0.839 bits per heavy atom. The quantitative estimate of drug-likeness (QED) is 0.160. The number of rotatable bonds is 6. The molecule has 0 atom stereocenters. The van der Waals surface area contributed by atoms with Gasteiger partial charge in [0.25, 0.3) is 0 Å². The second kappa shape index (κ2) is 13.6. The largest absolute Gasteiger partial charge is 0.295 e. The average Bonchev–Trinajstić information content (AvgIpc) is 4.07. The average molecular weight is 791 g/mol. The van der Waals surface area contributed by atoms with Gasteiger partial charge in [-0.2, -0.15) is 0 Å². The zero-order chi connectivity index (χ0) is 40.7. The molecule has 0 N–H and O–H groups in total. The van der Waals surface area contributed by atoms with Crippen LogP contribution in [0.4, 0.5) is 0 Å². The summed E-state index contributed by atoms with van der Waals surface area (Å²) in [6, 6.07) is 83.8. The van der Waals surface area contributed by atoms with Gasteiger partial charge in [-0.15, -0.1) is 0 Å². The third-order valence-electron chi connectivity index (χ3n) is 12.7. The Kier molecular flexibility index (Phi) is 7.57. The molecular formula is C58H38N4. The molecule has 0 unspecified atom stereocenters. The van der Waals surface area contributed by atoms with E-state index in [2.05, 4.69) is 249 Å². The monoisotopic (exact) mass is 790 g/mol. The van der Waals surface area contributed by atoms with Gasteiger partial charge in [0, 0.05) is 55.1 Å². The first-order valence-corrected chi connectivity index (χ1v) is 21.3. The molecule has 4 aromatic heterocycles. The molecule has 4 nitrogen and oxygen atoms in total. The van der Waals surface area contributed by atoms with E-state index in [9.17, 15) is 0 Å². The number of fused-ring (bicyclic) bond motifs is 10. The van der Waals surface area contributed by atoms with Crippen molar-refractivity contribution in [3.63, 3.8) is 0 Å². The second-order valence-corrected chi connectivity index (χ2v) is 16.2. The van der Waals surface area contributed by atoms with Crippen LogP contribution >= 0.6 is 0 Å². The van der Waals surface area contributed by atoms with E-state index < -0.39 is 0 Å². The van der Waals surface area contributed by atoms with Crippen LogP contribution in [0, 0.1) is 0 Å². The maximum absolute atomic E-state index is 2.48. The Morgan fingerprint density at radius 1 is 0.210 bits per heavy atom. The number of hydrogen-bond acceptors (Lipinski definition) is 0. The van der Waals surface area contributed by atoms with Gasteiger partial charge in [0.1, 0.15) is 11.3 Å². The van der Waals surface area contributed by atoms with E-state index in [0.29, 0.717) is 0 Å². The van der Waals surface area contributed by atoms with Gasteiger partial charge in [-0.3, -0.25) is 18.3 Å². The van der Waals surface area contributed by atoms with Crippen LogP contribution in [0.25, 0.3) is 111 Å². The highest BCUT2D eigenvalue weighted by molar-refractivity contribution is 6.24. The number of nitrogens with zero attached hydrogens (tertiary/aromatic N) is 4. The van der Waals surface area contributed by atoms with Crippen molar-refractivity contribution in [2.45, 2.75) is 0 Å². The minimum absolute atomic E-state index is 1.09. The predicted molar refractivity (Wildman–Crippen MR) is 260 cm³/mol. The van der Waals surface area contributed by atoms with Crippen molar-refractivity contribution in [1.82, 2.24) is 18.3 Å². The first-order chi connectivity index (χ1) is 30.8. The molecule has 0 aliphatic carbocycles. The molecule has 0 radical (unpaired) electrons. The van der Waals surface area contributed by atoms with Crippen LogP contribution in [-0.4, -0.2) is 18.3 Å². The van der Waals surface area contributed by atoms with Gasteiger partial charge in [0.15, 0.2) is 0 Å². The summed E-state index contributed by atoms with van der Waals surface area (Å²) in [4.78, 5) is 0. The highest BCUT2D eigenvalue weighted by Crippen LogP contribution is 2.44. The summed E-state index contributed by atoms with van der Waals surface area (Å²) >= 11 is 0. The number of para-hydroxylation sites is 4. The molecule has 0 amide bonds. The smallest absolute Gasteiger partial charge is 0.131 e. The molecule has 0 fully saturated rings. The first-order valence-electron chi connectivity index (χ1n) is 21.3. The predicted octanol–water partition coefficient (Wildman–Crippen LogP) is 15.1. The van der Waals surface area contributed by atoms with Crippen LogP contribution in [0.15, 0.2) is 231 Å². The molecule has 0 spiro atoms. The Balaban J connectivity index is 1.10. The molecule has 4 heteroatoms. The molecule has 290 valence electrons. The summed E-state index contributed by atoms with van der Waals surface area (Å²) in [5, 5.41) is 7.43. The third-order valence-corrected chi connectivity index (χ3v) is 12.7. The van der Waals surface area contributed by atoms with Crippen molar-refractivity contribution in [2.24, 2.45) is 0 Å². The van der Waals surface area contributed by atoms with E-state index in [1.807, 2.05) is 0 Å². The van der Waals surface area contributed by atoms with Crippen LogP contribution in [0.2, 0.25) is 0 Å². The molecule has 0 aliphatic rings. The molecule has 62 heavy (non-hydrogen) atoms. The van der Waals surface area contributed by atoms with Gasteiger partial charge in [-0.25, -0.2) is 0 Å². The molecule has 0 aliphatic heterocycles. The van der Waals surface area contributed by atoms with Crippen molar-refractivity contribution >= 4 is 65.7 Å². The van der Waals surface area contributed by atoms with E-state index >= 15 is 0 Å². The number of aromatic nitrogens is 4. The van der Waals surface area contributed by atoms with E-state index in [1.165, 1.54) is 76.6 Å². The Labute approximate surface area is 358 Å². The first kappa shape index (κ1) is 34.5. The molecule has 13 rings (SSSR count). The standard InChI is InChI=1S/C58H38N4/c1-3-18-39(19-4-1)41-22-15-24-43(36-41)59-51-32-11-7-28-47(51)55-49-30-9-13-34-53(49)61(57(55)59)45-26-17-27-46(38-45)62-54-35-14-10-31-50(54)56-48-29-8-12-33-52(48)60(58(56)62)44-25-16-23-42(37-44)40-20-5-2-6-21-40/h1-38H. The normalized spacial score (nSPS) is 11.9. The van der Waals surface area contributed by atoms with E-state index in [4.69, 9.17) is 0 Å². The summed E-state index contributed by atoms with van der Waals surface area (Å²) in [5.74, 6) is 0. The highest BCUT2D eigenvalue weighted by Gasteiger charge is 2.25. The van der Waals surface area contributed by atoms with Gasteiger partial charge < -0.3 is 0 Å². The zero-order valence-electron chi connectivity index (χ0n) is 33.7. The van der Waals surface area contributed by atoms with E-state index in [1.54, 1.807) is 0 Å². The SMILES string of the molecule is c1ccc(-c2cccc(-n3c4ccccc4c4c5ccccc5n(-c5cccc(-n6c7ccccc7c7c8ccccc8n(-c8cccc(-c9ccccc9)c8)c76)c5)c43)c2)cc1. The van der Waals surface area contributed by atoms with Crippen molar-refractivity contribution in [1.29, 1.82) is 0 Å². The van der Waals surface area contributed by atoms with Gasteiger partial charge in [-0.1, -0.05) is 164 Å². The van der Waals surface area contributed by atoms with Crippen LogP contribution < -0.4 is 0 Å². The third kappa shape index (κ3) is 5.07. The fourth-order valence-electron chi connectivity index (χ4n) is 10.1. The fourth-order valence-corrected chi connectivity index (χ4v) is 10.1. The summed E-state index contributed by atoms with van der Waals surface area (Å²) in [7, 11) is 0.